The van der Waals surface area contributed by atoms with Gasteiger partial charge in [0.2, 0.25) is 0 Å². The number of carbonyl (C=O) groups is 1. The molecule has 0 aliphatic heterocycles. The van der Waals surface area contributed by atoms with Gasteiger partial charge in [-0.15, -0.1) is 0 Å². The molecule has 1 atom stereocenters. The van der Waals surface area contributed by atoms with Crippen molar-refractivity contribution in [1.29, 1.82) is 0 Å². The van der Waals surface area contributed by atoms with Crippen LogP contribution in [0.15, 0.2) is 0 Å². The fraction of sp³-hybridized carbons (Fsp3) is 0.929. The van der Waals surface area contributed by atoms with Crippen molar-refractivity contribution in [2.75, 3.05) is 6.61 Å². The van der Waals surface area contributed by atoms with E-state index < -0.39 is 5.60 Å². The summed E-state index contributed by atoms with van der Waals surface area (Å²) in [6, 6.07) is 0.138. The minimum absolute atomic E-state index is 0.138. The van der Waals surface area contributed by atoms with E-state index in [1.54, 1.807) is 0 Å². The molecule has 1 aliphatic rings. The number of hydrogen-bond acceptors (Lipinski definition) is 3. The summed E-state index contributed by atoms with van der Waals surface area (Å²) >= 11 is 0. The maximum absolute atomic E-state index is 11.7. The van der Waals surface area contributed by atoms with Crippen LogP contribution < -0.4 is 5.32 Å². The summed E-state index contributed by atoms with van der Waals surface area (Å²) in [6.07, 6.45) is 3.92. The molecule has 1 amide bonds. The molecule has 0 radical (unpaired) electrons. The van der Waals surface area contributed by atoms with Crippen LogP contribution in [0, 0.1) is 11.8 Å². The highest BCUT2D eigenvalue weighted by Gasteiger charge is 2.27. The molecule has 1 saturated carbocycles. The zero-order valence-corrected chi connectivity index (χ0v) is 12.0. The number of aliphatic hydroxyl groups is 1. The molecule has 4 nitrogen and oxygen atoms in total. The Morgan fingerprint density at radius 1 is 1.33 bits per heavy atom. The van der Waals surface area contributed by atoms with Crippen LogP contribution in [-0.4, -0.2) is 29.4 Å². The Morgan fingerprint density at radius 2 is 1.89 bits per heavy atom. The fourth-order valence-corrected chi connectivity index (χ4v) is 2.48. The average molecular weight is 257 g/mol. The highest BCUT2D eigenvalue weighted by atomic mass is 16.6. The number of rotatable bonds is 3. The van der Waals surface area contributed by atoms with Crippen LogP contribution >= 0.6 is 0 Å². The average Bonchev–Trinajstić information content (AvgIpc) is 2.26. The van der Waals surface area contributed by atoms with Gasteiger partial charge in [-0.3, -0.25) is 0 Å². The molecule has 0 bridgehead atoms. The van der Waals surface area contributed by atoms with Gasteiger partial charge in [0, 0.05) is 12.6 Å². The second-order valence-corrected chi connectivity index (χ2v) is 6.40. The lowest BCUT2D eigenvalue weighted by molar-refractivity contribution is 0.0475. The maximum atomic E-state index is 11.7. The highest BCUT2D eigenvalue weighted by molar-refractivity contribution is 5.68. The third-order valence-corrected chi connectivity index (χ3v) is 3.60. The number of hydrogen-bond donors (Lipinski definition) is 2. The molecule has 0 unspecified atom stereocenters. The Labute approximate surface area is 110 Å². The predicted molar refractivity (Wildman–Crippen MR) is 71.4 cm³/mol. The molecular formula is C14H27NO3. The zero-order valence-electron chi connectivity index (χ0n) is 12.0. The molecule has 0 spiro atoms. The SMILES string of the molecule is C[C@@H](NC(=O)OC(C)(C)C)C1CCC(CO)CC1. The second kappa shape index (κ2) is 6.41. The van der Waals surface area contributed by atoms with Crippen molar-refractivity contribution in [3.8, 4) is 0 Å². The molecular weight excluding hydrogens is 230 g/mol. The quantitative estimate of drug-likeness (QED) is 0.817. The minimum atomic E-state index is -0.446. The molecule has 0 heterocycles. The predicted octanol–water partition coefficient (Wildman–Crippen LogP) is 2.70. The van der Waals surface area contributed by atoms with Crippen LogP contribution in [0.4, 0.5) is 4.79 Å². The molecule has 0 aromatic carbocycles. The normalized spacial score (nSPS) is 26.5. The summed E-state index contributed by atoms with van der Waals surface area (Å²) < 4.78 is 5.25. The number of aliphatic hydroxyl groups excluding tert-OH is 1. The van der Waals surface area contributed by atoms with Crippen molar-refractivity contribution in [1.82, 2.24) is 5.32 Å². The fourth-order valence-electron chi connectivity index (χ4n) is 2.48. The van der Waals surface area contributed by atoms with Gasteiger partial charge in [-0.05, 0) is 65.2 Å². The molecule has 106 valence electrons. The van der Waals surface area contributed by atoms with Crippen LogP contribution in [-0.2, 0) is 4.74 Å². The standard InChI is InChI=1S/C14H27NO3/c1-10(15-13(17)18-14(2,3)4)12-7-5-11(9-16)6-8-12/h10-12,16H,5-9H2,1-4H3,(H,15,17)/t10-,11?,12?/m1/s1. The second-order valence-electron chi connectivity index (χ2n) is 6.40. The smallest absolute Gasteiger partial charge is 0.407 e. The molecule has 4 heteroatoms. The molecule has 0 aromatic rings. The summed E-state index contributed by atoms with van der Waals surface area (Å²) in [5, 5.41) is 12.0. The van der Waals surface area contributed by atoms with E-state index in [1.165, 1.54) is 0 Å². The number of ether oxygens (including phenoxy) is 1. The first-order valence-electron chi connectivity index (χ1n) is 6.92. The van der Waals surface area contributed by atoms with Crippen molar-refractivity contribution in [3.63, 3.8) is 0 Å². The number of amides is 1. The minimum Gasteiger partial charge on any atom is -0.444 e. The van der Waals surface area contributed by atoms with Gasteiger partial charge in [0.25, 0.3) is 0 Å². The summed E-state index contributed by atoms with van der Waals surface area (Å²) in [4.78, 5) is 11.7. The Balaban J connectivity index is 2.33. The van der Waals surface area contributed by atoms with Gasteiger partial charge in [0.1, 0.15) is 5.60 Å². The Bertz CT molecular complexity index is 265. The van der Waals surface area contributed by atoms with Crippen molar-refractivity contribution < 1.29 is 14.6 Å². The Kier molecular flexibility index (Phi) is 5.45. The molecule has 0 saturated heterocycles. The van der Waals surface area contributed by atoms with E-state index in [4.69, 9.17) is 9.84 Å². The highest BCUT2D eigenvalue weighted by Crippen LogP contribution is 2.30. The lowest BCUT2D eigenvalue weighted by Crippen LogP contribution is -2.42. The van der Waals surface area contributed by atoms with Gasteiger partial charge in [-0.1, -0.05) is 0 Å². The van der Waals surface area contributed by atoms with Crippen molar-refractivity contribution in [3.05, 3.63) is 0 Å². The van der Waals surface area contributed by atoms with Gasteiger partial charge in [-0.2, -0.15) is 0 Å². The third-order valence-electron chi connectivity index (χ3n) is 3.60. The number of alkyl carbamates (subject to hydrolysis) is 1. The first-order chi connectivity index (χ1) is 8.31. The summed E-state index contributed by atoms with van der Waals surface area (Å²) in [6.45, 7) is 7.92. The topological polar surface area (TPSA) is 58.6 Å². The molecule has 0 aromatic heterocycles. The Morgan fingerprint density at radius 3 is 2.33 bits per heavy atom. The van der Waals surface area contributed by atoms with E-state index in [2.05, 4.69) is 5.32 Å². The van der Waals surface area contributed by atoms with Gasteiger partial charge in [-0.25, -0.2) is 4.79 Å². The van der Waals surface area contributed by atoms with E-state index in [9.17, 15) is 4.79 Å². The van der Waals surface area contributed by atoms with E-state index in [0.717, 1.165) is 25.7 Å². The first kappa shape index (κ1) is 15.3. The summed E-state index contributed by atoms with van der Waals surface area (Å²) in [5.41, 5.74) is -0.446. The van der Waals surface area contributed by atoms with E-state index in [0.29, 0.717) is 18.4 Å². The largest absolute Gasteiger partial charge is 0.444 e. The van der Waals surface area contributed by atoms with E-state index in [1.807, 2.05) is 27.7 Å². The van der Waals surface area contributed by atoms with Crippen molar-refractivity contribution in [2.45, 2.75) is 65.0 Å². The monoisotopic (exact) mass is 257 g/mol. The van der Waals surface area contributed by atoms with Gasteiger partial charge < -0.3 is 15.2 Å². The van der Waals surface area contributed by atoms with Crippen LogP contribution in [0.2, 0.25) is 0 Å². The maximum Gasteiger partial charge on any atom is 0.407 e. The molecule has 18 heavy (non-hydrogen) atoms. The summed E-state index contributed by atoms with van der Waals surface area (Å²) in [7, 11) is 0. The molecule has 1 aliphatic carbocycles. The van der Waals surface area contributed by atoms with E-state index in [-0.39, 0.29) is 12.1 Å². The molecule has 1 rings (SSSR count). The van der Waals surface area contributed by atoms with E-state index >= 15 is 0 Å². The molecule has 1 fully saturated rings. The third kappa shape index (κ3) is 5.25. The van der Waals surface area contributed by atoms with Crippen LogP contribution in [0.1, 0.15) is 53.4 Å². The summed E-state index contributed by atoms with van der Waals surface area (Å²) in [5.74, 6) is 0.954. The first-order valence-corrected chi connectivity index (χ1v) is 6.92. The lowest BCUT2D eigenvalue weighted by Gasteiger charge is -2.32. The van der Waals surface area contributed by atoms with Gasteiger partial charge in [0.05, 0.1) is 0 Å². The van der Waals surface area contributed by atoms with Crippen LogP contribution in [0.3, 0.4) is 0 Å². The number of nitrogens with one attached hydrogen (secondary N) is 1. The number of carbonyl (C=O) groups excluding carboxylic acids is 1. The Hall–Kier alpha value is -0.770. The van der Waals surface area contributed by atoms with Crippen LogP contribution in [0.25, 0.3) is 0 Å². The lowest BCUT2D eigenvalue weighted by atomic mass is 9.79. The van der Waals surface area contributed by atoms with Gasteiger partial charge in [0.15, 0.2) is 0 Å². The van der Waals surface area contributed by atoms with Crippen molar-refractivity contribution in [2.24, 2.45) is 11.8 Å². The molecule has 2 N–H and O–H groups in total. The van der Waals surface area contributed by atoms with Gasteiger partial charge >= 0.3 is 6.09 Å². The van der Waals surface area contributed by atoms with Crippen molar-refractivity contribution >= 4 is 6.09 Å². The zero-order chi connectivity index (χ0) is 13.8. The van der Waals surface area contributed by atoms with Crippen LogP contribution in [0.5, 0.6) is 0 Å².